The van der Waals surface area contributed by atoms with E-state index in [4.69, 9.17) is 14.2 Å². The highest BCUT2D eigenvalue weighted by atomic mass is 127. The van der Waals surface area contributed by atoms with Gasteiger partial charge in [0.2, 0.25) is 11.7 Å². The van der Waals surface area contributed by atoms with Crippen LogP contribution < -0.4 is 24.8 Å². The minimum Gasteiger partial charge on any atom is -0.493 e. The first kappa shape index (κ1) is 26.8. The molecule has 33 heavy (non-hydrogen) atoms. The molecule has 12 heteroatoms. The second-order valence-corrected chi connectivity index (χ2v) is 7.47. The molecule has 2 N–H and O–H groups in total. The monoisotopic (exact) mass is 576 g/mol. The molecule has 2 saturated heterocycles. The maximum Gasteiger partial charge on any atom is 0.324 e. The summed E-state index contributed by atoms with van der Waals surface area (Å²) >= 11 is 0. The van der Waals surface area contributed by atoms with E-state index in [-0.39, 0.29) is 42.5 Å². The van der Waals surface area contributed by atoms with Gasteiger partial charge in [0, 0.05) is 52.9 Å². The van der Waals surface area contributed by atoms with E-state index in [1.165, 1.54) is 4.90 Å². The van der Waals surface area contributed by atoms with Gasteiger partial charge in [-0.2, -0.15) is 0 Å². The van der Waals surface area contributed by atoms with Crippen molar-refractivity contribution in [2.45, 2.75) is 6.54 Å². The van der Waals surface area contributed by atoms with E-state index in [1.807, 2.05) is 12.1 Å². The standard InChI is InChI=1S/C21H32N6O5.HI/c1-22-20(23-5-6-27-18(28)13-24-21(27)29)26-9-7-25(8-10-26)14-15-11-16(30-2)19(32-4)17(12-15)31-3;/h11-12H,5-10,13-14H2,1-4H3,(H,22,23)(H,24,29);1H. The summed E-state index contributed by atoms with van der Waals surface area (Å²) < 4.78 is 16.3. The van der Waals surface area contributed by atoms with Gasteiger partial charge in [-0.3, -0.25) is 19.6 Å². The van der Waals surface area contributed by atoms with Crippen LogP contribution in [0, 0.1) is 0 Å². The molecule has 184 valence electrons. The van der Waals surface area contributed by atoms with E-state index in [2.05, 4.69) is 25.4 Å². The molecule has 2 aliphatic rings. The smallest absolute Gasteiger partial charge is 0.324 e. The van der Waals surface area contributed by atoms with Gasteiger partial charge in [0.15, 0.2) is 17.5 Å². The van der Waals surface area contributed by atoms with E-state index in [1.54, 1.807) is 28.4 Å². The third-order valence-electron chi connectivity index (χ3n) is 5.57. The molecule has 2 heterocycles. The Bertz CT molecular complexity index is 819. The van der Waals surface area contributed by atoms with Crippen molar-refractivity contribution in [2.75, 3.05) is 74.2 Å². The maximum absolute atomic E-state index is 11.7. The Morgan fingerprint density at radius 3 is 2.18 bits per heavy atom. The lowest BCUT2D eigenvalue weighted by Gasteiger charge is -2.36. The normalized spacial score (nSPS) is 16.9. The van der Waals surface area contributed by atoms with Crippen LogP contribution in [-0.4, -0.2) is 107 Å². The van der Waals surface area contributed by atoms with Gasteiger partial charge < -0.3 is 29.7 Å². The number of halogens is 1. The van der Waals surface area contributed by atoms with Gasteiger partial charge in [0.25, 0.3) is 0 Å². The number of carbonyl (C=O) groups excluding carboxylic acids is 2. The molecule has 0 atom stereocenters. The third-order valence-corrected chi connectivity index (χ3v) is 5.57. The lowest BCUT2D eigenvalue weighted by molar-refractivity contribution is -0.124. The molecule has 0 aromatic heterocycles. The zero-order valence-electron chi connectivity index (χ0n) is 19.5. The summed E-state index contributed by atoms with van der Waals surface area (Å²) in [6.45, 7) is 4.96. The summed E-state index contributed by atoms with van der Waals surface area (Å²) in [5.74, 6) is 2.45. The van der Waals surface area contributed by atoms with Crippen LogP contribution in [0.3, 0.4) is 0 Å². The molecule has 0 bridgehead atoms. The zero-order chi connectivity index (χ0) is 23.1. The Hall–Kier alpha value is -2.48. The number of piperazine rings is 1. The molecule has 0 aliphatic carbocycles. The number of amides is 3. The van der Waals surface area contributed by atoms with Gasteiger partial charge >= 0.3 is 6.03 Å². The van der Waals surface area contributed by atoms with Gasteiger partial charge in [-0.25, -0.2) is 4.79 Å². The van der Waals surface area contributed by atoms with Crippen molar-refractivity contribution in [3.8, 4) is 17.2 Å². The quantitative estimate of drug-likeness (QED) is 0.200. The molecule has 11 nitrogen and oxygen atoms in total. The van der Waals surface area contributed by atoms with Gasteiger partial charge in [-0.15, -0.1) is 24.0 Å². The fraction of sp³-hybridized carbons (Fsp3) is 0.571. The second kappa shape index (κ2) is 12.7. The lowest BCUT2D eigenvalue weighted by Crippen LogP contribution is -2.53. The summed E-state index contributed by atoms with van der Waals surface area (Å²) in [4.78, 5) is 33.4. The minimum absolute atomic E-state index is 0. The molecule has 1 aromatic carbocycles. The van der Waals surface area contributed by atoms with E-state index < -0.39 is 0 Å². The van der Waals surface area contributed by atoms with Gasteiger partial charge in [-0.1, -0.05) is 0 Å². The number of benzene rings is 1. The van der Waals surface area contributed by atoms with Crippen molar-refractivity contribution in [2.24, 2.45) is 4.99 Å². The number of hydrogen-bond donors (Lipinski definition) is 2. The summed E-state index contributed by atoms with van der Waals surface area (Å²) in [5.41, 5.74) is 1.09. The highest BCUT2D eigenvalue weighted by molar-refractivity contribution is 14.0. The second-order valence-electron chi connectivity index (χ2n) is 7.47. The highest BCUT2D eigenvalue weighted by Crippen LogP contribution is 2.38. The fourth-order valence-corrected chi connectivity index (χ4v) is 3.90. The van der Waals surface area contributed by atoms with Gasteiger partial charge in [0.05, 0.1) is 27.9 Å². The molecule has 0 radical (unpaired) electrons. The Morgan fingerprint density at radius 2 is 1.70 bits per heavy atom. The van der Waals surface area contributed by atoms with E-state index in [9.17, 15) is 9.59 Å². The van der Waals surface area contributed by atoms with Crippen LogP contribution in [0.5, 0.6) is 17.2 Å². The van der Waals surface area contributed by atoms with Crippen LogP contribution in [0.15, 0.2) is 17.1 Å². The zero-order valence-corrected chi connectivity index (χ0v) is 21.9. The molecular weight excluding hydrogens is 543 g/mol. The Balaban J connectivity index is 0.00000385. The van der Waals surface area contributed by atoms with Crippen LogP contribution in [0.2, 0.25) is 0 Å². The first-order valence-corrected chi connectivity index (χ1v) is 10.6. The lowest BCUT2D eigenvalue weighted by atomic mass is 10.1. The molecule has 2 fully saturated rings. The SMILES string of the molecule is CN=C(NCCN1C(=O)CNC1=O)N1CCN(Cc2cc(OC)c(OC)c(OC)c2)CC1.I. The van der Waals surface area contributed by atoms with E-state index in [0.717, 1.165) is 44.2 Å². The highest BCUT2D eigenvalue weighted by Gasteiger charge is 2.28. The average molecular weight is 576 g/mol. The number of nitrogens with one attached hydrogen (secondary N) is 2. The number of carbonyl (C=O) groups is 2. The third kappa shape index (κ3) is 6.53. The van der Waals surface area contributed by atoms with E-state index >= 15 is 0 Å². The molecular formula is C21H33IN6O5. The predicted octanol–water partition coefficient (Wildman–Crippen LogP) is 0.575. The van der Waals surface area contributed by atoms with Crippen LogP contribution in [0.25, 0.3) is 0 Å². The van der Waals surface area contributed by atoms with Crippen molar-refractivity contribution in [1.29, 1.82) is 0 Å². The van der Waals surface area contributed by atoms with Crippen LogP contribution in [0.4, 0.5) is 4.79 Å². The number of ether oxygens (including phenoxy) is 3. The molecule has 0 saturated carbocycles. The van der Waals surface area contributed by atoms with E-state index in [0.29, 0.717) is 30.3 Å². The summed E-state index contributed by atoms with van der Waals surface area (Å²) in [5, 5.41) is 5.77. The maximum atomic E-state index is 11.7. The molecule has 1 aromatic rings. The summed E-state index contributed by atoms with van der Waals surface area (Å²) in [6.07, 6.45) is 0. The molecule has 3 amide bonds. The van der Waals surface area contributed by atoms with Crippen molar-refractivity contribution in [3.05, 3.63) is 17.7 Å². The molecule has 3 rings (SSSR count). The van der Waals surface area contributed by atoms with Crippen molar-refractivity contribution >= 4 is 41.9 Å². The molecule has 2 aliphatic heterocycles. The first-order valence-electron chi connectivity index (χ1n) is 10.6. The minimum atomic E-state index is -0.341. The Morgan fingerprint density at radius 1 is 1.06 bits per heavy atom. The van der Waals surface area contributed by atoms with Gasteiger partial charge in [-0.05, 0) is 17.7 Å². The summed E-state index contributed by atoms with van der Waals surface area (Å²) in [7, 11) is 6.56. The molecule has 0 spiro atoms. The Labute approximate surface area is 211 Å². The number of urea groups is 1. The first-order chi connectivity index (χ1) is 15.5. The summed E-state index contributed by atoms with van der Waals surface area (Å²) in [6, 6.07) is 3.61. The van der Waals surface area contributed by atoms with Crippen LogP contribution >= 0.6 is 24.0 Å². The number of hydrogen-bond acceptors (Lipinski definition) is 7. The number of guanidine groups is 1. The number of imide groups is 1. The predicted molar refractivity (Wildman–Crippen MR) is 135 cm³/mol. The number of rotatable bonds is 8. The average Bonchev–Trinajstić information content (AvgIpc) is 3.13. The number of methoxy groups -OCH3 is 3. The largest absolute Gasteiger partial charge is 0.493 e. The Kier molecular flexibility index (Phi) is 10.3. The van der Waals surface area contributed by atoms with Crippen molar-refractivity contribution in [1.82, 2.24) is 25.3 Å². The fourth-order valence-electron chi connectivity index (χ4n) is 3.90. The van der Waals surface area contributed by atoms with Gasteiger partial charge in [0.1, 0.15) is 0 Å². The number of nitrogens with zero attached hydrogens (tertiary/aromatic N) is 4. The van der Waals surface area contributed by atoms with Crippen molar-refractivity contribution in [3.63, 3.8) is 0 Å². The topological polar surface area (TPSA) is 108 Å². The van der Waals surface area contributed by atoms with Crippen molar-refractivity contribution < 1.29 is 23.8 Å². The van der Waals surface area contributed by atoms with Crippen LogP contribution in [-0.2, 0) is 11.3 Å². The number of aliphatic imine (C=N–C) groups is 1. The molecule has 0 unspecified atom stereocenters. The van der Waals surface area contributed by atoms with Crippen LogP contribution in [0.1, 0.15) is 5.56 Å².